The zero-order valence-electron chi connectivity index (χ0n) is 20.8. The summed E-state index contributed by atoms with van der Waals surface area (Å²) in [5.74, 6) is -0.617. The Balaban J connectivity index is 1.57. The van der Waals surface area contributed by atoms with E-state index in [-0.39, 0.29) is 10.8 Å². The van der Waals surface area contributed by atoms with Gasteiger partial charge in [0.2, 0.25) is 0 Å². The first-order valence-electron chi connectivity index (χ1n) is 11.8. The number of nitrogens with zero attached hydrogens (tertiary/aromatic N) is 1. The number of sulfonamides is 1. The van der Waals surface area contributed by atoms with Crippen molar-refractivity contribution in [1.82, 2.24) is 5.32 Å². The van der Waals surface area contributed by atoms with Gasteiger partial charge in [0.25, 0.3) is 21.8 Å². The van der Waals surface area contributed by atoms with Crippen molar-refractivity contribution in [2.24, 2.45) is 0 Å². The third-order valence-corrected chi connectivity index (χ3v) is 9.51. The Morgan fingerprint density at radius 3 is 2.31 bits per heavy atom. The summed E-state index contributed by atoms with van der Waals surface area (Å²) >= 11 is 1.44. The normalized spacial score (nSPS) is 15.3. The molecule has 0 saturated heterocycles. The minimum absolute atomic E-state index is 0.0831. The van der Waals surface area contributed by atoms with E-state index in [1.165, 1.54) is 51.9 Å². The Labute approximate surface area is 216 Å². The maximum Gasteiger partial charge on any atom is 0.264 e. The van der Waals surface area contributed by atoms with Crippen LogP contribution in [0.5, 0.6) is 0 Å². The van der Waals surface area contributed by atoms with Crippen molar-refractivity contribution in [2.45, 2.75) is 37.8 Å². The van der Waals surface area contributed by atoms with Crippen LogP contribution in [0.4, 0.5) is 10.7 Å². The molecule has 0 fully saturated rings. The monoisotopic (exact) mass is 527 g/mol. The van der Waals surface area contributed by atoms with E-state index in [1.807, 2.05) is 6.07 Å². The molecule has 8 nitrogen and oxygen atoms in total. The molecule has 1 aromatic heterocycles. The summed E-state index contributed by atoms with van der Waals surface area (Å²) in [4.78, 5) is 28.4. The maximum absolute atomic E-state index is 13.1. The number of quaternary nitrogens is 1. The quantitative estimate of drug-likeness (QED) is 0.440. The van der Waals surface area contributed by atoms with E-state index in [0.29, 0.717) is 27.9 Å². The first-order valence-corrected chi connectivity index (χ1v) is 14.1. The van der Waals surface area contributed by atoms with Crippen LogP contribution in [0.25, 0.3) is 0 Å². The van der Waals surface area contributed by atoms with Crippen LogP contribution in [-0.2, 0) is 23.0 Å². The van der Waals surface area contributed by atoms with Crippen molar-refractivity contribution in [3.05, 3.63) is 76.2 Å². The van der Waals surface area contributed by atoms with Crippen LogP contribution in [0.3, 0.4) is 0 Å². The van der Waals surface area contributed by atoms with Gasteiger partial charge in [-0.1, -0.05) is 18.2 Å². The Hall–Kier alpha value is -3.21. The average molecular weight is 528 g/mol. The highest BCUT2D eigenvalue weighted by molar-refractivity contribution is 7.92. The van der Waals surface area contributed by atoms with E-state index >= 15 is 0 Å². The van der Waals surface area contributed by atoms with E-state index < -0.39 is 15.9 Å². The zero-order valence-corrected chi connectivity index (χ0v) is 22.4. The molecule has 1 atom stereocenters. The minimum atomic E-state index is -3.78. The molecule has 1 aliphatic heterocycles. The number of rotatable bonds is 7. The van der Waals surface area contributed by atoms with E-state index in [2.05, 4.69) is 24.5 Å². The average Bonchev–Trinajstić information content (AvgIpc) is 3.25. The molecule has 2 heterocycles. The molecule has 0 saturated carbocycles. The molecule has 2 aromatic carbocycles. The lowest BCUT2D eigenvalue weighted by Crippen LogP contribution is -3.14. The highest BCUT2D eigenvalue weighted by Gasteiger charge is 2.31. The van der Waals surface area contributed by atoms with Gasteiger partial charge in [-0.2, -0.15) is 0 Å². The SMILES string of the molecule is CNC(=O)c1c(NC(=O)c2ccc(S(=O)(=O)N(C)c3ccccc3)cc2)sc2c1CC[NH+](C(C)C)C2. The second-order valence-corrected chi connectivity index (χ2v) is 12.1. The number of carbonyl (C=O) groups excluding carboxylic acids is 2. The highest BCUT2D eigenvalue weighted by Crippen LogP contribution is 2.35. The molecule has 1 unspecified atom stereocenters. The Morgan fingerprint density at radius 1 is 1.03 bits per heavy atom. The van der Waals surface area contributed by atoms with E-state index in [1.54, 1.807) is 31.3 Å². The Bertz CT molecular complexity index is 1370. The largest absolute Gasteiger partial charge is 0.355 e. The van der Waals surface area contributed by atoms with Crippen LogP contribution >= 0.6 is 11.3 Å². The molecule has 0 spiro atoms. The topological polar surface area (TPSA) is 100 Å². The van der Waals surface area contributed by atoms with Gasteiger partial charge in [0.15, 0.2) is 0 Å². The summed E-state index contributed by atoms with van der Waals surface area (Å²) in [7, 11) is -0.707. The number of thiophene rings is 1. The molecule has 190 valence electrons. The van der Waals surface area contributed by atoms with Gasteiger partial charge in [0.05, 0.1) is 33.6 Å². The molecule has 3 N–H and O–H groups in total. The fourth-order valence-corrected chi connectivity index (χ4v) is 6.82. The zero-order chi connectivity index (χ0) is 26.0. The van der Waals surface area contributed by atoms with E-state index in [4.69, 9.17) is 0 Å². The van der Waals surface area contributed by atoms with Crippen LogP contribution in [0.15, 0.2) is 59.5 Å². The van der Waals surface area contributed by atoms with Gasteiger partial charge in [-0.25, -0.2) is 8.42 Å². The molecule has 0 radical (unpaired) electrons. The summed E-state index contributed by atoms with van der Waals surface area (Å²) in [5.41, 5.74) is 2.38. The van der Waals surface area contributed by atoms with E-state index in [9.17, 15) is 18.0 Å². The van der Waals surface area contributed by atoms with Gasteiger partial charge >= 0.3 is 0 Å². The van der Waals surface area contributed by atoms with Gasteiger partial charge in [-0.3, -0.25) is 13.9 Å². The minimum Gasteiger partial charge on any atom is -0.355 e. The van der Waals surface area contributed by atoms with Crippen LogP contribution in [0, 0.1) is 0 Å². The van der Waals surface area contributed by atoms with Crippen molar-refractivity contribution in [3.63, 3.8) is 0 Å². The standard InChI is InChI=1S/C26H30N4O4S2/c1-17(2)30-15-14-21-22(16-30)35-26(23(21)25(32)27-3)28-24(31)18-10-12-20(13-11-18)36(33,34)29(4)19-8-6-5-7-9-19/h5-13,17H,14-16H2,1-4H3,(H,27,32)(H,28,31)/p+1. The molecule has 36 heavy (non-hydrogen) atoms. The molecule has 3 aromatic rings. The Kier molecular flexibility index (Phi) is 7.49. The van der Waals surface area contributed by atoms with Gasteiger partial charge in [-0.05, 0) is 55.8 Å². The molecule has 10 heteroatoms. The van der Waals surface area contributed by atoms with Crippen LogP contribution < -0.4 is 19.8 Å². The molecular formula is C26H31N4O4S2+. The smallest absolute Gasteiger partial charge is 0.264 e. The number of carbonyl (C=O) groups is 2. The summed E-state index contributed by atoms with van der Waals surface area (Å²) in [6.07, 6.45) is 0.777. The lowest BCUT2D eigenvalue weighted by molar-refractivity contribution is -0.936. The molecule has 2 amide bonds. The van der Waals surface area contributed by atoms with Gasteiger partial charge in [-0.15, -0.1) is 11.3 Å². The lowest BCUT2D eigenvalue weighted by atomic mass is 10.0. The number of hydrogen-bond acceptors (Lipinski definition) is 5. The van der Waals surface area contributed by atoms with Gasteiger partial charge in [0.1, 0.15) is 11.5 Å². The summed E-state index contributed by atoms with van der Waals surface area (Å²) < 4.78 is 27.3. The van der Waals surface area contributed by atoms with Crippen molar-refractivity contribution >= 4 is 43.9 Å². The number of hydrogen-bond donors (Lipinski definition) is 3. The van der Waals surface area contributed by atoms with Crippen LogP contribution in [0.1, 0.15) is 45.0 Å². The number of amides is 2. The molecule has 0 bridgehead atoms. The van der Waals surface area contributed by atoms with Crippen LogP contribution in [-0.4, -0.2) is 46.9 Å². The predicted molar refractivity (Wildman–Crippen MR) is 143 cm³/mol. The Morgan fingerprint density at radius 2 is 1.69 bits per heavy atom. The third-order valence-electron chi connectivity index (χ3n) is 6.57. The number of benzene rings is 2. The number of fused-ring (bicyclic) bond motifs is 1. The van der Waals surface area contributed by atoms with Crippen molar-refractivity contribution in [2.75, 3.05) is 30.3 Å². The predicted octanol–water partition coefficient (Wildman–Crippen LogP) is 2.53. The summed E-state index contributed by atoms with van der Waals surface area (Å²) in [6, 6.07) is 15.1. The van der Waals surface area contributed by atoms with Crippen molar-refractivity contribution in [3.8, 4) is 0 Å². The number of para-hydroxylation sites is 1. The summed E-state index contributed by atoms with van der Waals surface area (Å²) in [5, 5.41) is 6.11. The first kappa shape index (κ1) is 25.9. The second kappa shape index (κ2) is 10.4. The maximum atomic E-state index is 13.1. The molecule has 1 aliphatic rings. The third kappa shape index (κ3) is 5.02. The molecular weight excluding hydrogens is 496 g/mol. The fraction of sp³-hybridized carbons (Fsp3) is 0.308. The van der Waals surface area contributed by atoms with Gasteiger partial charge < -0.3 is 15.5 Å². The van der Waals surface area contributed by atoms with Crippen molar-refractivity contribution in [1.29, 1.82) is 0 Å². The fourth-order valence-electron chi connectivity index (χ4n) is 4.33. The first-order chi connectivity index (χ1) is 17.1. The number of nitrogens with one attached hydrogen (secondary N) is 3. The highest BCUT2D eigenvalue weighted by atomic mass is 32.2. The second-order valence-electron chi connectivity index (χ2n) is 9.06. The number of anilines is 2. The molecule has 4 rings (SSSR count). The van der Waals surface area contributed by atoms with Gasteiger partial charge in [0, 0.05) is 26.1 Å². The van der Waals surface area contributed by atoms with Crippen molar-refractivity contribution < 1.29 is 22.9 Å². The van der Waals surface area contributed by atoms with Crippen LogP contribution in [0.2, 0.25) is 0 Å². The summed E-state index contributed by atoms with van der Waals surface area (Å²) in [6.45, 7) is 6.11. The lowest BCUT2D eigenvalue weighted by Gasteiger charge is -2.27. The molecule has 0 aliphatic carbocycles. The van der Waals surface area contributed by atoms with E-state index in [0.717, 1.165) is 30.0 Å².